The van der Waals surface area contributed by atoms with Crippen LogP contribution in [0.2, 0.25) is 0 Å². The van der Waals surface area contributed by atoms with E-state index in [1.54, 1.807) is 22.6 Å². The summed E-state index contributed by atoms with van der Waals surface area (Å²) < 4.78 is 50.9. The third-order valence-electron chi connectivity index (χ3n) is 2.19. The maximum absolute atomic E-state index is 12.8. The van der Waals surface area contributed by atoms with Crippen molar-refractivity contribution < 1.29 is 17.6 Å². The SMILES string of the molecule is CCCCc1nnn(CC(F)(F)C(F)F)c1I. The molecule has 0 N–H and O–H groups in total. The highest BCUT2D eigenvalue weighted by Crippen LogP contribution is 2.25. The highest BCUT2D eigenvalue weighted by atomic mass is 127. The summed E-state index contributed by atoms with van der Waals surface area (Å²) in [6.45, 7) is 0.851. The minimum Gasteiger partial charge on any atom is -0.233 e. The molecule has 0 amide bonds. The van der Waals surface area contributed by atoms with E-state index in [4.69, 9.17) is 0 Å². The summed E-state index contributed by atoms with van der Waals surface area (Å²) in [5.74, 6) is -4.07. The molecule has 1 heterocycles. The molecule has 0 aliphatic carbocycles. The topological polar surface area (TPSA) is 30.7 Å². The Morgan fingerprint density at radius 2 is 2.06 bits per heavy atom. The van der Waals surface area contributed by atoms with Crippen molar-refractivity contribution in [3.63, 3.8) is 0 Å². The number of aryl methyl sites for hydroxylation is 1. The second-order valence-corrected chi connectivity index (χ2v) is 4.67. The number of rotatable bonds is 6. The molecule has 98 valence electrons. The maximum Gasteiger partial charge on any atom is 0.326 e. The molecule has 8 heteroatoms. The van der Waals surface area contributed by atoms with Crippen LogP contribution in [0.5, 0.6) is 0 Å². The van der Waals surface area contributed by atoms with Gasteiger partial charge in [0.15, 0.2) is 0 Å². The number of hydrogen-bond acceptors (Lipinski definition) is 2. The fourth-order valence-corrected chi connectivity index (χ4v) is 1.85. The van der Waals surface area contributed by atoms with E-state index >= 15 is 0 Å². The van der Waals surface area contributed by atoms with Gasteiger partial charge in [-0.2, -0.15) is 8.78 Å². The van der Waals surface area contributed by atoms with Gasteiger partial charge in [0.1, 0.15) is 10.2 Å². The van der Waals surface area contributed by atoms with Gasteiger partial charge in [0.25, 0.3) is 0 Å². The summed E-state index contributed by atoms with van der Waals surface area (Å²) in [5, 5.41) is 7.21. The molecular weight excluding hydrogens is 353 g/mol. The molecular formula is C9H12F4IN3. The number of hydrogen-bond donors (Lipinski definition) is 0. The molecule has 0 unspecified atom stereocenters. The van der Waals surface area contributed by atoms with E-state index in [9.17, 15) is 17.6 Å². The third-order valence-corrected chi connectivity index (χ3v) is 3.36. The number of alkyl halides is 4. The highest BCUT2D eigenvalue weighted by molar-refractivity contribution is 14.1. The van der Waals surface area contributed by atoms with Gasteiger partial charge in [0.05, 0.1) is 5.69 Å². The van der Waals surface area contributed by atoms with Crippen LogP contribution in [0.25, 0.3) is 0 Å². The zero-order valence-corrected chi connectivity index (χ0v) is 11.3. The Balaban J connectivity index is 2.76. The standard InChI is InChI=1S/C9H12F4IN3/c1-2-3-4-6-7(14)17(16-15-6)5-9(12,13)8(10)11/h8H,2-5H2,1H3. The molecule has 1 rings (SSSR count). The quantitative estimate of drug-likeness (QED) is 0.573. The lowest BCUT2D eigenvalue weighted by Gasteiger charge is -2.14. The Morgan fingerprint density at radius 3 is 2.59 bits per heavy atom. The van der Waals surface area contributed by atoms with Crippen LogP contribution in [0.3, 0.4) is 0 Å². The van der Waals surface area contributed by atoms with Gasteiger partial charge in [-0.15, -0.1) is 5.10 Å². The normalized spacial score (nSPS) is 12.4. The van der Waals surface area contributed by atoms with E-state index in [1.165, 1.54) is 0 Å². The van der Waals surface area contributed by atoms with E-state index in [0.29, 0.717) is 15.8 Å². The van der Waals surface area contributed by atoms with Crippen molar-refractivity contribution in [2.75, 3.05) is 0 Å². The maximum atomic E-state index is 12.8. The van der Waals surface area contributed by atoms with Crippen LogP contribution in [0, 0.1) is 3.70 Å². The monoisotopic (exact) mass is 365 g/mol. The van der Waals surface area contributed by atoms with Gasteiger partial charge < -0.3 is 0 Å². The van der Waals surface area contributed by atoms with Crippen LogP contribution in [0.4, 0.5) is 17.6 Å². The van der Waals surface area contributed by atoms with Crippen LogP contribution in [-0.2, 0) is 13.0 Å². The number of nitrogens with zero attached hydrogens (tertiary/aromatic N) is 3. The largest absolute Gasteiger partial charge is 0.326 e. The molecule has 0 spiro atoms. The van der Waals surface area contributed by atoms with Crippen LogP contribution in [0.15, 0.2) is 0 Å². The molecule has 0 fully saturated rings. The van der Waals surface area contributed by atoms with E-state index in [0.717, 1.165) is 17.5 Å². The third kappa shape index (κ3) is 3.78. The van der Waals surface area contributed by atoms with Crippen molar-refractivity contribution in [2.45, 2.75) is 45.1 Å². The molecule has 0 saturated heterocycles. The van der Waals surface area contributed by atoms with Gasteiger partial charge in [0, 0.05) is 0 Å². The Morgan fingerprint density at radius 1 is 1.41 bits per heavy atom. The van der Waals surface area contributed by atoms with Crippen LogP contribution in [0.1, 0.15) is 25.5 Å². The first-order valence-electron chi connectivity index (χ1n) is 5.12. The first-order chi connectivity index (χ1) is 7.88. The van der Waals surface area contributed by atoms with Crippen molar-refractivity contribution in [1.29, 1.82) is 0 Å². The summed E-state index contributed by atoms with van der Waals surface area (Å²) >= 11 is 1.80. The summed E-state index contributed by atoms with van der Waals surface area (Å²) in [6.07, 6.45) is -1.27. The molecule has 1 aromatic rings. The van der Waals surface area contributed by atoms with Crippen LogP contribution in [-0.4, -0.2) is 27.3 Å². The van der Waals surface area contributed by atoms with Crippen molar-refractivity contribution in [2.24, 2.45) is 0 Å². The van der Waals surface area contributed by atoms with E-state index in [2.05, 4.69) is 10.3 Å². The molecule has 0 bridgehead atoms. The second-order valence-electron chi connectivity index (χ2n) is 3.65. The van der Waals surface area contributed by atoms with Gasteiger partial charge >= 0.3 is 12.3 Å². The van der Waals surface area contributed by atoms with Crippen molar-refractivity contribution >= 4 is 22.6 Å². The minimum atomic E-state index is -4.07. The highest BCUT2D eigenvalue weighted by Gasteiger charge is 2.42. The van der Waals surface area contributed by atoms with E-state index in [1.807, 2.05) is 6.92 Å². The van der Waals surface area contributed by atoms with E-state index in [-0.39, 0.29) is 0 Å². The molecule has 1 aromatic heterocycles. The van der Waals surface area contributed by atoms with Crippen molar-refractivity contribution in [1.82, 2.24) is 15.0 Å². The van der Waals surface area contributed by atoms with Gasteiger partial charge in [-0.05, 0) is 35.4 Å². The van der Waals surface area contributed by atoms with Crippen molar-refractivity contribution in [3.8, 4) is 0 Å². The fourth-order valence-electron chi connectivity index (χ4n) is 1.20. The summed E-state index contributed by atoms with van der Waals surface area (Å²) in [5.41, 5.74) is 0.581. The first-order valence-corrected chi connectivity index (χ1v) is 6.20. The van der Waals surface area contributed by atoms with Gasteiger partial charge in [-0.25, -0.2) is 13.5 Å². The Labute approximate surface area is 110 Å². The number of unbranched alkanes of at least 4 members (excludes halogenated alkanes) is 1. The molecule has 0 saturated carbocycles. The Bertz CT molecular complexity index is 367. The fraction of sp³-hybridized carbons (Fsp3) is 0.778. The molecule has 0 aliphatic heterocycles. The number of halogens is 5. The second kappa shape index (κ2) is 5.96. The molecule has 3 nitrogen and oxygen atoms in total. The lowest BCUT2D eigenvalue weighted by Crippen LogP contribution is -2.33. The Kier molecular flexibility index (Phi) is 5.14. The molecule has 0 atom stereocenters. The predicted octanol–water partition coefficient (Wildman–Crippen LogP) is 3.13. The van der Waals surface area contributed by atoms with Crippen LogP contribution < -0.4 is 0 Å². The predicted molar refractivity (Wildman–Crippen MR) is 62.3 cm³/mol. The Hall–Kier alpha value is -0.410. The zero-order valence-electron chi connectivity index (χ0n) is 9.14. The molecule has 17 heavy (non-hydrogen) atoms. The van der Waals surface area contributed by atoms with Crippen molar-refractivity contribution in [3.05, 3.63) is 9.39 Å². The molecule has 0 radical (unpaired) electrons. The van der Waals surface area contributed by atoms with Crippen LogP contribution >= 0.6 is 22.6 Å². The average molecular weight is 365 g/mol. The van der Waals surface area contributed by atoms with Gasteiger partial charge in [-0.1, -0.05) is 18.6 Å². The summed E-state index contributed by atoms with van der Waals surface area (Å²) in [7, 11) is 0. The van der Waals surface area contributed by atoms with Gasteiger partial charge in [-0.3, -0.25) is 0 Å². The number of aromatic nitrogens is 3. The smallest absolute Gasteiger partial charge is 0.233 e. The lowest BCUT2D eigenvalue weighted by atomic mass is 10.2. The summed E-state index contributed by atoms with van der Waals surface area (Å²) in [4.78, 5) is 0. The van der Waals surface area contributed by atoms with E-state index < -0.39 is 18.9 Å². The minimum absolute atomic E-state index is 0.399. The molecule has 0 aromatic carbocycles. The first kappa shape index (κ1) is 14.7. The lowest BCUT2D eigenvalue weighted by molar-refractivity contribution is -0.139. The van der Waals surface area contributed by atoms with Gasteiger partial charge in [0.2, 0.25) is 0 Å². The molecule has 0 aliphatic rings. The average Bonchev–Trinajstić information content (AvgIpc) is 2.57. The zero-order chi connectivity index (χ0) is 13.1. The summed E-state index contributed by atoms with van der Waals surface area (Å²) in [6, 6.07) is 0.